The zero-order valence-electron chi connectivity index (χ0n) is 8.72. The van der Waals surface area contributed by atoms with Gasteiger partial charge in [-0.05, 0) is 13.0 Å². The van der Waals surface area contributed by atoms with E-state index in [0.29, 0.717) is 0 Å². The van der Waals surface area contributed by atoms with Crippen LogP contribution < -0.4 is 5.73 Å². The Kier molecular flexibility index (Phi) is 2.48. The minimum Gasteiger partial charge on any atom is -0.323 e. The maximum absolute atomic E-state index is 12.9. The molecule has 2 heterocycles. The number of sulfonamides is 1. The minimum atomic E-state index is -3.64. The van der Waals surface area contributed by atoms with E-state index in [4.69, 9.17) is 5.73 Å². The number of aromatic nitrogens is 1. The fourth-order valence-corrected chi connectivity index (χ4v) is 3.30. The van der Waals surface area contributed by atoms with Crippen LogP contribution in [0.3, 0.4) is 0 Å². The van der Waals surface area contributed by atoms with E-state index in [1.165, 1.54) is 4.31 Å². The second-order valence-electron chi connectivity index (χ2n) is 4.27. The van der Waals surface area contributed by atoms with Gasteiger partial charge in [0.2, 0.25) is 10.0 Å². The van der Waals surface area contributed by atoms with Gasteiger partial charge in [-0.2, -0.15) is 4.31 Å². The summed E-state index contributed by atoms with van der Waals surface area (Å²) in [7, 11) is -3.64. The van der Waals surface area contributed by atoms with E-state index in [9.17, 15) is 12.8 Å². The third-order valence-electron chi connectivity index (χ3n) is 2.39. The average Bonchev–Trinajstić information content (AvgIpc) is 2.14. The van der Waals surface area contributed by atoms with Crippen molar-refractivity contribution in [1.29, 1.82) is 0 Å². The number of nitrogens with zero attached hydrogens (tertiary/aromatic N) is 2. The highest BCUT2D eigenvalue weighted by Crippen LogP contribution is 2.25. The standard InChI is InChI=1S/C9H12FN3O2S/c1-9(11)5-13(6-9)16(14,15)8-2-7(10)3-12-4-8/h2-4H,5-6,11H2,1H3. The van der Waals surface area contributed by atoms with E-state index >= 15 is 0 Å². The summed E-state index contributed by atoms with van der Waals surface area (Å²) in [6.45, 7) is 2.25. The molecule has 0 saturated carbocycles. The molecule has 1 aromatic heterocycles. The van der Waals surface area contributed by atoms with Crippen molar-refractivity contribution in [2.75, 3.05) is 13.1 Å². The van der Waals surface area contributed by atoms with Gasteiger partial charge in [0.25, 0.3) is 0 Å². The van der Waals surface area contributed by atoms with Crippen LogP contribution in [0.25, 0.3) is 0 Å². The highest BCUT2D eigenvalue weighted by Gasteiger charge is 2.42. The molecule has 2 rings (SSSR count). The van der Waals surface area contributed by atoms with E-state index in [2.05, 4.69) is 4.98 Å². The third kappa shape index (κ3) is 1.93. The van der Waals surface area contributed by atoms with E-state index in [1.54, 1.807) is 6.92 Å². The van der Waals surface area contributed by atoms with Gasteiger partial charge in [-0.25, -0.2) is 12.8 Å². The molecule has 1 saturated heterocycles. The zero-order valence-corrected chi connectivity index (χ0v) is 9.54. The van der Waals surface area contributed by atoms with Crippen molar-refractivity contribution in [2.45, 2.75) is 17.4 Å². The molecule has 0 unspecified atom stereocenters. The normalized spacial score (nSPS) is 20.4. The lowest BCUT2D eigenvalue weighted by Gasteiger charge is -2.43. The third-order valence-corrected chi connectivity index (χ3v) is 4.15. The van der Waals surface area contributed by atoms with Crippen LogP contribution in [0.2, 0.25) is 0 Å². The SMILES string of the molecule is CC1(N)CN(S(=O)(=O)c2cncc(F)c2)C1. The summed E-state index contributed by atoms with van der Waals surface area (Å²) < 4.78 is 37.9. The van der Waals surface area contributed by atoms with Gasteiger partial charge in [-0.15, -0.1) is 0 Å². The summed E-state index contributed by atoms with van der Waals surface area (Å²) >= 11 is 0. The molecule has 0 atom stereocenters. The Morgan fingerprint density at radius 1 is 1.50 bits per heavy atom. The van der Waals surface area contributed by atoms with Crippen molar-refractivity contribution in [2.24, 2.45) is 5.73 Å². The molecule has 2 N–H and O–H groups in total. The zero-order chi connectivity index (χ0) is 12.0. The molecule has 0 aromatic carbocycles. The predicted molar refractivity (Wildman–Crippen MR) is 55.5 cm³/mol. The fraction of sp³-hybridized carbons (Fsp3) is 0.444. The second-order valence-corrected chi connectivity index (χ2v) is 6.20. The molecule has 1 aliphatic heterocycles. The second kappa shape index (κ2) is 3.47. The highest BCUT2D eigenvalue weighted by atomic mass is 32.2. The van der Waals surface area contributed by atoms with Crippen LogP contribution >= 0.6 is 0 Å². The van der Waals surface area contributed by atoms with Crippen molar-refractivity contribution < 1.29 is 12.8 Å². The molecule has 0 aliphatic carbocycles. The lowest BCUT2D eigenvalue weighted by atomic mass is 9.97. The molecule has 7 heteroatoms. The van der Waals surface area contributed by atoms with Gasteiger partial charge in [0, 0.05) is 24.8 Å². The summed E-state index contributed by atoms with van der Waals surface area (Å²) in [5.41, 5.74) is 5.23. The van der Waals surface area contributed by atoms with Crippen LogP contribution in [-0.2, 0) is 10.0 Å². The Hall–Kier alpha value is -1.05. The van der Waals surface area contributed by atoms with Crippen molar-refractivity contribution in [3.63, 3.8) is 0 Å². The quantitative estimate of drug-likeness (QED) is 0.792. The van der Waals surface area contributed by atoms with Crippen LogP contribution in [0.5, 0.6) is 0 Å². The maximum atomic E-state index is 12.9. The van der Waals surface area contributed by atoms with Gasteiger partial charge in [0.1, 0.15) is 10.7 Å². The Balaban J connectivity index is 2.28. The van der Waals surface area contributed by atoms with E-state index in [1.807, 2.05) is 0 Å². The first-order valence-corrected chi connectivity index (χ1v) is 6.15. The lowest BCUT2D eigenvalue weighted by molar-refractivity contribution is 0.176. The van der Waals surface area contributed by atoms with Gasteiger partial charge in [-0.1, -0.05) is 0 Å². The van der Waals surface area contributed by atoms with Gasteiger partial charge >= 0.3 is 0 Å². The minimum absolute atomic E-state index is 0.136. The van der Waals surface area contributed by atoms with Crippen LogP contribution in [0.1, 0.15) is 6.92 Å². The molecule has 1 aromatic rings. The Labute approximate surface area is 93.1 Å². The number of rotatable bonds is 2. The predicted octanol–water partition coefficient (Wildman–Crippen LogP) is -0.0576. The van der Waals surface area contributed by atoms with Crippen molar-refractivity contribution in [3.05, 3.63) is 24.3 Å². The first-order valence-electron chi connectivity index (χ1n) is 4.71. The molecule has 0 amide bonds. The molecule has 1 fully saturated rings. The van der Waals surface area contributed by atoms with Crippen molar-refractivity contribution in [3.8, 4) is 0 Å². The molecule has 0 radical (unpaired) electrons. The smallest absolute Gasteiger partial charge is 0.244 e. The van der Waals surface area contributed by atoms with Crippen LogP contribution in [0.15, 0.2) is 23.4 Å². The van der Waals surface area contributed by atoms with Gasteiger partial charge in [0.15, 0.2) is 0 Å². The molecule has 0 bridgehead atoms. The average molecular weight is 245 g/mol. The van der Waals surface area contributed by atoms with Crippen LogP contribution in [0, 0.1) is 5.82 Å². The summed E-state index contributed by atoms with van der Waals surface area (Å²) in [6.07, 6.45) is 2.09. The summed E-state index contributed by atoms with van der Waals surface area (Å²) in [4.78, 5) is 3.38. The molecule has 16 heavy (non-hydrogen) atoms. The highest BCUT2D eigenvalue weighted by molar-refractivity contribution is 7.89. The summed E-state index contributed by atoms with van der Waals surface area (Å²) in [5.74, 6) is -0.669. The first kappa shape index (κ1) is 11.4. The summed E-state index contributed by atoms with van der Waals surface area (Å²) in [5, 5.41) is 0. The largest absolute Gasteiger partial charge is 0.323 e. The number of hydrogen-bond acceptors (Lipinski definition) is 4. The number of halogens is 1. The number of nitrogens with two attached hydrogens (primary N) is 1. The topological polar surface area (TPSA) is 76.3 Å². The first-order chi connectivity index (χ1) is 7.31. The van der Waals surface area contributed by atoms with Crippen LogP contribution in [0.4, 0.5) is 4.39 Å². The Bertz CT molecular complexity index is 507. The summed E-state index contributed by atoms with van der Waals surface area (Å²) in [6, 6.07) is 0.953. The Morgan fingerprint density at radius 2 is 2.12 bits per heavy atom. The van der Waals surface area contributed by atoms with Gasteiger partial charge in [0.05, 0.1) is 6.20 Å². The lowest BCUT2D eigenvalue weighted by Crippen LogP contribution is -2.66. The maximum Gasteiger partial charge on any atom is 0.244 e. The van der Waals surface area contributed by atoms with Gasteiger partial charge in [-0.3, -0.25) is 4.98 Å². The number of pyridine rings is 1. The molecule has 5 nitrogen and oxygen atoms in total. The van der Waals surface area contributed by atoms with Crippen molar-refractivity contribution >= 4 is 10.0 Å². The van der Waals surface area contributed by atoms with E-state index in [-0.39, 0.29) is 18.0 Å². The van der Waals surface area contributed by atoms with Crippen LogP contribution in [-0.4, -0.2) is 36.3 Å². The van der Waals surface area contributed by atoms with Crippen molar-refractivity contribution in [1.82, 2.24) is 9.29 Å². The fourth-order valence-electron chi connectivity index (χ4n) is 1.61. The monoisotopic (exact) mass is 245 g/mol. The molecule has 0 spiro atoms. The molecule has 1 aliphatic rings. The van der Waals surface area contributed by atoms with E-state index < -0.39 is 21.4 Å². The Morgan fingerprint density at radius 3 is 2.62 bits per heavy atom. The molecular weight excluding hydrogens is 233 g/mol. The van der Waals surface area contributed by atoms with E-state index in [0.717, 1.165) is 18.5 Å². The number of hydrogen-bond donors (Lipinski definition) is 1. The molecule has 88 valence electrons. The van der Waals surface area contributed by atoms with Gasteiger partial charge < -0.3 is 5.73 Å². The molecular formula is C9H12FN3O2S.